The van der Waals surface area contributed by atoms with Gasteiger partial charge in [0, 0.05) is 24.7 Å². The van der Waals surface area contributed by atoms with E-state index < -0.39 is 0 Å². The molecule has 1 saturated carbocycles. The Morgan fingerprint density at radius 3 is 2.65 bits per heavy atom. The lowest BCUT2D eigenvalue weighted by Gasteiger charge is -2.08. The fourth-order valence-corrected chi connectivity index (χ4v) is 1.78. The summed E-state index contributed by atoms with van der Waals surface area (Å²) in [7, 11) is 0. The number of amides is 3. The Hall–Kier alpha value is -2.11. The Labute approximate surface area is 118 Å². The molecule has 1 aromatic heterocycles. The van der Waals surface area contributed by atoms with Crippen LogP contribution in [0.3, 0.4) is 0 Å². The molecule has 1 fully saturated rings. The largest absolute Gasteiger partial charge is 0.354 e. The van der Waals surface area contributed by atoms with E-state index in [0.29, 0.717) is 19.6 Å². The molecule has 6 nitrogen and oxygen atoms in total. The number of hydrogen-bond donors (Lipinski definition) is 3. The minimum absolute atomic E-state index is 0.0937. The number of urea groups is 1. The molecule has 0 spiro atoms. The summed E-state index contributed by atoms with van der Waals surface area (Å²) in [6.07, 6.45) is 1.98. The van der Waals surface area contributed by atoms with Crippen LogP contribution in [0.25, 0.3) is 0 Å². The van der Waals surface area contributed by atoms with Crippen molar-refractivity contribution in [2.45, 2.75) is 26.3 Å². The zero-order chi connectivity index (χ0) is 14.4. The van der Waals surface area contributed by atoms with Gasteiger partial charge in [0.25, 0.3) is 0 Å². The quantitative estimate of drug-likeness (QED) is 0.669. The zero-order valence-electron chi connectivity index (χ0n) is 11.6. The number of hydrogen-bond acceptors (Lipinski definition) is 3. The smallest absolute Gasteiger partial charge is 0.315 e. The number of pyridine rings is 1. The minimum atomic E-state index is -0.256. The van der Waals surface area contributed by atoms with E-state index in [1.54, 1.807) is 0 Å². The molecule has 0 aromatic carbocycles. The van der Waals surface area contributed by atoms with Crippen LogP contribution in [0.2, 0.25) is 0 Å². The van der Waals surface area contributed by atoms with Crippen LogP contribution in [-0.4, -0.2) is 30.0 Å². The predicted octanol–water partition coefficient (Wildman–Crippen LogP) is 0.715. The van der Waals surface area contributed by atoms with Crippen LogP contribution in [0.4, 0.5) is 4.79 Å². The maximum absolute atomic E-state index is 11.5. The molecule has 108 valence electrons. The summed E-state index contributed by atoms with van der Waals surface area (Å²) < 4.78 is 0. The van der Waals surface area contributed by atoms with Gasteiger partial charge in [-0.05, 0) is 31.9 Å². The van der Waals surface area contributed by atoms with Crippen LogP contribution in [0, 0.1) is 12.8 Å². The van der Waals surface area contributed by atoms with Gasteiger partial charge in [0.05, 0.1) is 12.2 Å². The summed E-state index contributed by atoms with van der Waals surface area (Å²) in [6.45, 7) is 3.19. The average Bonchev–Trinajstić information content (AvgIpc) is 3.26. The lowest BCUT2D eigenvalue weighted by Crippen LogP contribution is -2.40. The third-order valence-electron chi connectivity index (χ3n) is 3.03. The fraction of sp³-hybridized carbons (Fsp3) is 0.500. The molecule has 6 heteroatoms. The van der Waals surface area contributed by atoms with E-state index in [9.17, 15) is 9.59 Å². The van der Waals surface area contributed by atoms with Gasteiger partial charge >= 0.3 is 6.03 Å². The number of rotatable bonds is 6. The molecule has 1 aliphatic rings. The second-order valence-electron chi connectivity index (χ2n) is 4.95. The van der Waals surface area contributed by atoms with Crippen LogP contribution in [0.5, 0.6) is 0 Å². The fourth-order valence-electron chi connectivity index (χ4n) is 1.78. The molecule has 20 heavy (non-hydrogen) atoms. The third-order valence-corrected chi connectivity index (χ3v) is 3.03. The highest BCUT2D eigenvalue weighted by molar-refractivity contribution is 5.80. The topological polar surface area (TPSA) is 83.1 Å². The SMILES string of the molecule is Cc1cccc(CNC(=O)NCCNC(=O)C2CC2)n1. The molecule has 0 bridgehead atoms. The minimum Gasteiger partial charge on any atom is -0.354 e. The number of carbonyl (C=O) groups excluding carboxylic acids is 2. The first-order valence-electron chi connectivity index (χ1n) is 6.87. The van der Waals surface area contributed by atoms with E-state index in [2.05, 4.69) is 20.9 Å². The van der Waals surface area contributed by atoms with Crippen molar-refractivity contribution in [1.82, 2.24) is 20.9 Å². The highest BCUT2D eigenvalue weighted by Gasteiger charge is 2.28. The zero-order valence-corrected chi connectivity index (χ0v) is 11.6. The standard InChI is InChI=1S/C14H20N4O2/c1-10-3-2-4-12(18-10)9-17-14(20)16-8-7-15-13(19)11-5-6-11/h2-4,11H,5-9H2,1H3,(H,15,19)(H2,16,17,20). The molecular weight excluding hydrogens is 256 g/mol. The van der Waals surface area contributed by atoms with E-state index in [0.717, 1.165) is 24.2 Å². The van der Waals surface area contributed by atoms with Crippen molar-refractivity contribution in [1.29, 1.82) is 0 Å². The summed E-state index contributed by atoms with van der Waals surface area (Å²) in [5, 5.41) is 8.20. The summed E-state index contributed by atoms with van der Waals surface area (Å²) >= 11 is 0. The molecule has 2 rings (SSSR count). The van der Waals surface area contributed by atoms with Gasteiger partial charge in [-0.15, -0.1) is 0 Å². The number of nitrogens with zero attached hydrogens (tertiary/aromatic N) is 1. The van der Waals surface area contributed by atoms with Gasteiger partial charge in [-0.2, -0.15) is 0 Å². The second kappa shape index (κ2) is 6.88. The first kappa shape index (κ1) is 14.3. The highest BCUT2D eigenvalue weighted by atomic mass is 16.2. The van der Waals surface area contributed by atoms with Crippen molar-refractivity contribution >= 4 is 11.9 Å². The lowest BCUT2D eigenvalue weighted by molar-refractivity contribution is -0.122. The molecular formula is C14H20N4O2. The van der Waals surface area contributed by atoms with Gasteiger partial charge < -0.3 is 16.0 Å². The van der Waals surface area contributed by atoms with Crippen molar-refractivity contribution in [3.8, 4) is 0 Å². The molecule has 0 radical (unpaired) electrons. The Morgan fingerprint density at radius 2 is 1.95 bits per heavy atom. The molecule has 1 aliphatic carbocycles. The number of aromatic nitrogens is 1. The number of aryl methyl sites for hydroxylation is 1. The van der Waals surface area contributed by atoms with Crippen molar-refractivity contribution in [2.24, 2.45) is 5.92 Å². The van der Waals surface area contributed by atoms with E-state index in [-0.39, 0.29) is 17.9 Å². The van der Waals surface area contributed by atoms with Gasteiger partial charge in [-0.3, -0.25) is 9.78 Å². The molecule has 1 aromatic rings. The highest BCUT2D eigenvalue weighted by Crippen LogP contribution is 2.28. The Morgan fingerprint density at radius 1 is 1.20 bits per heavy atom. The molecule has 1 heterocycles. The molecule has 3 amide bonds. The third kappa shape index (κ3) is 4.87. The maximum atomic E-state index is 11.5. The number of carbonyl (C=O) groups is 2. The summed E-state index contributed by atoms with van der Waals surface area (Å²) in [5.41, 5.74) is 1.75. The van der Waals surface area contributed by atoms with E-state index in [1.807, 2.05) is 25.1 Å². The summed E-state index contributed by atoms with van der Waals surface area (Å²) in [5.74, 6) is 0.299. The maximum Gasteiger partial charge on any atom is 0.315 e. The molecule has 3 N–H and O–H groups in total. The van der Waals surface area contributed by atoms with Crippen molar-refractivity contribution < 1.29 is 9.59 Å². The van der Waals surface area contributed by atoms with Crippen LogP contribution in [0.15, 0.2) is 18.2 Å². The summed E-state index contributed by atoms with van der Waals surface area (Å²) in [6, 6.07) is 5.42. The predicted molar refractivity (Wildman–Crippen MR) is 74.9 cm³/mol. The number of nitrogens with one attached hydrogen (secondary N) is 3. The van der Waals surface area contributed by atoms with Crippen molar-refractivity contribution in [3.63, 3.8) is 0 Å². The van der Waals surface area contributed by atoms with E-state index in [4.69, 9.17) is 0 Å². The van der Waals surface area contributed by atoms with Crippen molar-refractivity contribution in [3.05, 3.63) is 29.6 Å². The normalized spacial score (nSPS) is 13.7. The average molecular weight is 276 g/mol. The molecule has 0 aliphatic heterocycles. The van der Waals surface area contributed by atoms with Crippen LogP contribution >= 0.6 is 0 Å². The Bertz CT molecular complexity index is 486. The second-order valence-corrected chi connectivity index (χ2v) is 4.95. The molecule has 0 unspecified atom stereocenters. The van der Waals surface area contributed by atoms with Crippen LogP contribution in [-0.2, 0) is 11.3 Å². The van der Waals surface area contributed by atoms with Crippen LogP contribution < -0.4 is 16.0 Å². The van der Waals surface area contributed by atoms with Crippen LogP contribution in [0.1, 0.15) is 24.2 Å². The van der Waals surface area contributed by atoms with Gasteiger partial charge in [0.1, 0.15) is 0 Å². The van der Waals surface area contributed by atoms with E-state index in [1.165, 1.54) is 0 Å². The first-order chi connectivity index (χ1) is 9.65. The van der Waals surface area contributed by atoms with Gasteiger partial charge in [0.15, 0.2) is 0 Å². The Balaban J connectivity index is 1.57. The van der Waals surface area contributed by atoms with E-state index >= 15 is 0 Å². The first-order valence-corrected chi connectivity index (χ1v) is 6.87. The molecule has 0 atom stereocenters. The van der Waals surface area contributed by atoms with Gasteiger partial charge in [-0.25, -0.2) is 4.79 Å². The monoisotopic (exact) mass is 276 g/mol. The summed E-state index contributed by atoms with van der Waals surface area (Å²) in [4.78, 5) is 27.2. The van der Waals surface area contributed by atoms with Crippen molar-refractivity contribution in [2.75, 3.05) is 13.1 Å². The molecule has 0 saturated heterocycles. The lowest BCUT2D eigenvalue weighted by atomic mass is 10.3. The Kier molecular flexibility index (Phi) is 4.92. The van der Waals surface area contributed by atoms with Gasteiger partial charge in [-0.1, -0.05) is 6.07 Å². The van der Waals surface area contributed by atoms with Gasteiger partial charge in [0.2, 0.25) is 5.91 Å².